The van der Waals surface area contributed by atoms with Gasteiger partial charge < -0.3 is 25.2 Å². The lowest BCUT2D eigenvalue weighted by molar-refractivity contribution is -0.127. The lowest BCUT2D eigenvalue weighted by atomic mass is 10.2. The van der Waals surface area contributed by atoms with Crippen molar-refractivity contribution in [3.8, 4) is 0 Å². The molecule has 0 radical (unpaired) electrons. The quantitative estimate of drug-likeness (QED) is 0.384. The number of nitrogens with one attached hydrogen (secondary N) is 2. The van der Waals surface area contributed by atoms with Crippen molar-refractivity contribution < 1.29 is 14.3 Å². The largest absolute Gasteiger partial charge is 0.444 e. The molecule has 1 aliphatic rings. The Kier molecular flexibility index (Phi) is 9.23. The lowest BCUT2D eigenvalue weighted by Gasteiger charge is -2.25. The molecule has 0 saturated carbocycles. The van der Waals surface area contributed by atoms with E-state index in [2.05, 4.69) is 15.6 Å². The van der Waals surface area contributed by atoms with Gasteiger partial charge in [-0.1, -0.05) is 0 Å². The number of carbonyl (C=O) groups is 2. The molecule has 0 spiro atoms. The molecule has 0 unspecified atom stereocenters. The Morgan fingerprint density at radius 2 is 2.08 bits per heavy atom. The first-order valence-electron chi connectivity index (χ1n) is 9.47. The zero-order valence-electron chi connectivity index (χ0n) is 16.9. The molecule has 26 heavy (non-hydrogen) atoms. The third-order valence-electron chi connectivity index (χ3n) is 3.82. The van der Waals surface area contributed by atoms with E-state index in [0.29, 0.717) is 26.1 Å². The molecule has 1 rings (SSSR count). The molecule has 1 heterocycles. The summed E-state index contributed by atoms with van der Waals surface area (Å²) in [6.45, 7) is 11.7. The van der Waals surface area contributed by atoms with Crippen LogP contribution in [0, 0.1) is 0 Å². The fourth-order valence-corrected chi connectivity index (χ4v) is 2.51. The van der Waals surface area contributed by atoms with Gasteiger partial charge in [-0.25, -0.2) is 4.79 Å². The molecular formula is C18H35N5O3. The number of likely N-dealkylation sites (tertiary alicyclic amines) is 1. The number of amides is 2. The maximum atomic E-state index is 11.9. The van der Waals surface area contributed by atoms with Crippen LogP contribution in [0.2, 0.25) is 0 Å². The van der Waals surface area contributed by atoms with Crippen molar-refractivity contribution in [1.29, 1.82) is 0 Å². The molecular weight excluding hydrogens is 334 g/mol. The van der Waals surface area contributed by atoms with Gasteiger partial charge in [0.05, 0.1) is 0 Å². The van der Waals surface area contributed by atoms with E-state index < -0.39 is 5.60 Å². The van der Waals surface area contributed by atoms with E-state index in [-0.39, 0.29) is 12.0 Å². The fraction of sp³-hybridized carbons (Fsp3) is 0.833. The average Bonchev–Trinajstić information content (AvgIpc) is 2.94. The smallest absolute Gasteiger partial charge is 0.410 e. The summed E-state index contributed by atoms with van der Waals surface area (Å²) in [5.74, 6) is 0.974. The molecule has 1 fully saturated rings. The highest BCUT2D eigenvalue weighted by Crippen LogP contribution is 2.10. The standard InChI is InChI=1S/C18H35N5O3/c1-6-19-16(20-10-8-13-23-12-7-9-15(23)24)21-11-14-22(5)17(25)26-18(2,3)4/h6-14H2,1-5H3,(H2,19,20,21). The van der Waals surface area contributed by atoms with Crippen LogP contribution >= 0.6 is 0 Å². The minimum Gasteiger partial charge on any atom is -0.444 e. The summed E-state index contributed by atoms with van der Waals surface area (Å²) in [5.41, 5.74) is -0.494. The van der Waals surface area contributed by atoms with Gasteiger partial charge in [-0.05, 0) is 40.5 Å². The van der Waals surface area contributed by atoms with Gasteiger partial charge in [0.2, 0.25) is 5.91 Å². The van der Waals surface area contributed by atoms with Gasteiger partial charge in [0, 0.05) is 52.7 Å². The second-order valence-corrected chi connectivity index (χ2v) is 7.43. The van der Waals surface area contributed by atoms with E-state index in [4.69, 9.17) is 4.74 Å². The van der Waals surface area contributed by atoms with Gasteiger partial charge in [-0.15, -0.1) is 0 Å². The summed E-state index contributed by atoms with van der Waals surface area (Å²) < 4.78 is 5.32. The monoisotopic (exact) mass is 369 g/mol. The average molecular weight is 370 g/mol. The minimum absolute atomic E-state index is 0.254. The molecule has 1 saturated heterocycles. The zero-order valence-corrected chi connectivity index (χ0v) is 16.9. The maximum absolute atomic E-state index is 11.9. The predicted octanol–water partition coefficient (Wildman–Crippen LogP) is 1.42. The molecule has 2 amide bonds. The summed E-state index contributed by atoms with van der Waals surface area (Å²) in [4.78, 5) is 31.5. The summed E-state index contributed by atoms with van der Waals surface area (Å²) in [6, 6.07) is 0. The van der Waals surface area contributed by atoms with Crippen LogP contribution in [0.1, 0.15) is 47.0 Å². The number of nitrogens with zero attached hydrogens (tertiary/aromatic N) is 3. The SMILES string of the molecule is CCNC(=NCCCN1CCCC1=O)NCCN(C)C(=O)OC(C)(C)C. The normalized spacial score (nSPS) is 15.2. The van der Waals surface area contributed by atoms with Gasteiger partial charge in [0.15, 0.2) is 5.96 Å². The van der Waals surface area contributed by atoms with Gasteiger partial charge >= 0.3 is 6.09 Å². The first kappa shape index (κ1) is 22.1. The summed E-state index contributed by atoms with van der Waals surface area (Å²) in [6.07, 6.45) is 2.16. The first-order valence-corrected chi connectivity index (χ1v) is 9.47. The van der Waals surface area contributed by atoms with Gasteiger partial charge in [0.25, 0.3) is 0 Å². The molecule has 8 nitrogen and oxygen atoms in total. The van der Waals surface area contributed by atoms with Gasteiger partial charge in [0.1, 0.15) is 5.60 Å². The Hall–Kier alpha value is -1.99. The molecule has 8 heteroatoms. The minimum atomic E-state index is -0.494. The van der Waals surface area contributed by atoms with E-state index in [1.165, 1.54) is 0 Å². The highest BCUT2D eigenvalue weighted by molar-refractivity contribution is 5.80. The number of likely N-dealkylation sites (N-methyl/N-ethyl adjacent to an activating group) is 1. The molecule has 0 aromatic carbocycles. The number of hydrogen-bond acceptors (Lipinski definition) is 4. The van der Waals surface area contributed by atoms with Gasteiger partial charge in [-0.2, -0.15) is 0 Å². The van der Waals surface area contributed by atoms with Crippen LogP contribution < -0.4 is 10.6 Å². The molecule has 1 aliphatic heterocycles. The van der Waals surface area contributed by atoms with E-state index in [9.17, 15) is 9.59 Å². The van der Waals surface area contributed by atoms with Crippen LogP contribution in [0.5, 0.6) is 0 Å². The third-order valence-corrected chi connectivity index (χ3v) is 3.82. The van der Waals surface area contributed by atoms with Crippen LogP contribution in [-0.4, -0.2) is 79.7 Å². The molecule has 0 aromatic heterocycles. The highest BCUT2D eigenvalue weighted by atomic mass is 16.6. The second-order valence-electron chi connectivity index (χ2n) is 7.43. The summed E-state index contributed by atoms with van der Waals surface area (Å²) in [5, 5.41) is 6.40. The first-order chi connectivity index (χ1) is 12.2. The Labute approximate surface area is 157 Å². The second kappa shape index (κ2) is 10.9. The van der Waals surface area contributed by atoms with Crippen molar-refractivity contribution in [2.45, 2.75) is 52.6 Å². The molecule has 0 bridgehead atoms. The van der Waals surface area contributed by atoms with Crippen molar-refractivity contribution >= 4 is 18.0 Å². The summed E-state index contributed by atoms with van der Waals surface area (Å²) in [7, 11) is 1.72. The van der Waals surface area contributed by atoms with E-state index in [0.717, 1.165) is 38.4 Å². The Morgan fingerprint density at radius 3 is 2.65 bits per heavy atom. The van der Waals surface area contributed by atoms with Crippen LogP contribution in [0.3, 0.4) is 0 Å². The number of rotatable bonds is 8. The number of guanidine groups is 1. The van der Waals surface area contributed by atoms with E-state index in [1.54, 1.807) is 11.9 Å². The summed E-state index contributed by atoms with van der Waals surface area (Å²) >= 11 is 0. The van der Waals surface area contributed by atoms with E-state index >= 15 is 0 Å². The molecule has 150 valence electrons. The number of hydrogen-bond donors (Lipinski definition) is 2. The van der Waals surface area contributed by atoms with Crippen LogP contribution in [0.15, 0.2) is 4.99 Å². The highest BCUT2D eigenvalue weighted by Gasteiger charge is 2.20. The number of carbonyl (C=O) groups excluding carboxylic acids is 2. The third kappa shape index (κ3) is 8.92. The molecule has 0 aromatic rings. The molecule has 0 aliphatic carbocycles. The van der Waals surface area contributed by atoms with Crippen molar-refractivity contribution in [2.75, 3.05) is 46.3 Å². The predicted molar refractivity (Wildman–Crippen MR) is 103 cm³/mol. The Bertz CT molecular complexity index is 488. The topological polar surface area (TPSA) is 86.3 Å². The van der Waals surface area contributed by atoms with Crippen LogP contribution in [0.4, 0.5) is 4.79 Å². The van der Waals surface area contributed by atoms with Gasteiger partial charge in [-0.3, -0.25) is 9.79 Å². The maximum Gasteiger partial charge on any atom is 0.410 e. The number of aliphatic imine (C=N–C) groups is 1. The van der Waals surface area contributed by atoms with Crippen molar-refractivity contribution in [2.24, 2.45) is 4.99 Å². The molecule has 2 N–H and O–H groups in total. The Balaban J connectivity index is 2.30. The van der Waals surface area contributed by atoms with Crippen LogP contribution in [0.25, 0.3) is 0 Å². The molecule has 0 atom stereocenters. The van der Waals surface area contributed by atoms with E-state index in [1.807, 2.05) is 32.6 Å². The number of ether oxygens (including phenoxy) is 1. The zero-order chi connectivity index (χ0) is 19.6. The van der Waals surface area contributed by atoms with Crippen molar-refractivity contribution in [3.05, 3.63) is 0 Å². The lowest BCUT2D eigenvalue weighted by Crippen LogP contribution is -2.43. The fourth-order valence-electron chi connectivity index (χ4n) is 2.51. The van der Waals surface area contributed by atoms with Crippen LogP contribution in [-0.2, 0) is 9.53 Å². The Morgan fingerprint density at radius 1 is 1.35 bits per heavy atom. The van der Waals surface area contributed by atoms with Crippen molar-refractivity contribution in [1.82, 2.24) is 20.4 Å². The van der Waals surface area contributed by atoms with Crippen molar-refractivity contribution in [3.63, 3.8) is 0 Å².